The van der Waals surface area contributed by atoms with E-state index in [1.165, 1.54) is 0 Å². The summed E-state index contributed by atoms with van der Waals surface area (Å²) >= 11 is 0. The van der Waals surface area contributed by atoms with Crippen LogP contribution in [0.5, 0.6) is 11.5 Å². The van der Waals surface area contributed by atoms with E-state index in [1.54, 1.807) is 6.07 Å². The summed E-state index contributed by atoms with van der Waals surface area (Å²) in [5.41, 5.74) is 2.78. The largest absolute Gasteiger partial charge is 0.486 e. The highest BCUT2D eigenvalue weighted by molar-refractivity contribution is 5.92. The summed E-state index contributed by atoms with van der Waals surface area (Å²) in [7, 11) is 0. The van der Waals surface area contributed by atoms with Gasteiger partial charge in [0, 0.05) is 24.0 Å². The minimum absolute atomic E-state index is 0.250. The van der Waals surface area contributed by atoms with E-state index >= 15 is 0 Å². The van der Waals surface area contributed by atoms with E-state index in [0.717, 1.165) is 11.3 Å². The molecule has 3 aromatic rings. The summed E-state index contributed by atoms with van der Waals surface area (Å²) in [6, 6.07) is 16.9. The Morgan fingerprint density at radius 1 is 1.00 bits per heavy atom. The van der Waals surface area contributed by atoms with Gasteiger partial charge in [0.15, 0.2) is 11.5 Å². The van der Waals surface area contributed by atoms with Crippen molar-refractivity contribution in [2.45, 2.75) is 13.5 Å². The fourth-order valence-corrected chi connectivity index (χ4v) is 2.86. The molecule has 28 heavy (non-hydrogen) atoms. The molecule has 0 saturated carbocycles. The van der Waals surface area contributed by atoms with Gasteiger partial charge in [-0.3, -0.25) is 4.79 Å². The van der Waals surface area contributed by atoms with Crippen LogP contribution >= 0.6 is 0 Å². The van der Waals surface area contributed by atoms with Crippen LogP contribution in [0.1, 0.15) is 21.7 Å². The quantitative estimate of drug-likeness (QED) is 0.711. The van der Waals surface area contributed by atoms with Crippen LogP contribution in [-0.2, 0) is 6.54 Å². The number of aryl methyl sites for hydroxylation is 1. The summed E-state index contributed by atoms with van der Waals surface area (Å²) < 4.78 is 11.1. The Morgan fingerprint density at radius 3 is 2.61 bits per heavy atom. The summed E-state index contributed by atoms with van der Waals surface area (Å²) in [6.45, 7) is 3.32. The third kappa shape index (κ3) is 4.20. The molecule has 1 amide bonds. The number of carbonyl (C=O) groups is 1. The average Bonchev–Trinajstić information content (AvgIpc) is 2.72. The summed E-state index contributed by atoms with van der Waals surface area (Å²) in [5, 5.41) is 6.01. The number of aromatic nitrogens is 2. The minimum atomic E-state index is -0.250. The molecule has 0 unspecified atom stereocenters. The topological polar surface area (TPSA) is 85.4 Å². The molecular formula is C21H20N4O3. The lowest BCUT2D eigenvalue weighted by molar-refractivity contribution is 0.0945. The zero-order valence-corrected chi connectivity index (χ0v) is 15.4. The van der Waals surface area contributed by atoms with Crippen molar-refractivity contribution in [3.05, 3.63) is 71.5 Å². The van der Waals surface area contributed by atoms with Gasteiger partial charge in [-0.25, -0.2) is 9.97 Å². The number of hydrogen-bond donors (Lipinski definition) is 2. The third-order valence-electron chi connectivity index (χ3n) is 4.18. The van der Waals surface area contributed by atoms with E-state index in [9.17, 15) is 4.79 Å². The van der Waals surface area contributed by atoms with Gasteiger partial charge >= 0.3 is 0 Å². The molecule has 0 aliphatic carbocycles. The monoisotopic (exact) mass is 376 g/mol. The zero-order chi connectivity index (χ0) is 19.3. The van der Waals surface area contributed by atoms with Crippen LogP contribution in [0.2, 0.25) is 0 Å². The van der Waals surface area contributed by atoms with Crippen molar-refractivity contribution in [3.63, 3.8) is 0 Å². The van der Waals surface area contributed by atoms with Gasteiger partial charge in [-0.15, -0.1) is 0 Å². The maximum Gasteiger partial charge on any atom is 0.270 e. The molecule has 142 valence electrons. The number of benzene rings is 2. The SMILES string of the molecule is Cc1cc(C(=O)NCc2ccccc2)nc(Nc2ccc3c(c2)OCCO3)n1. The van der Waals surface area contributed by atoms with Crippen molar-refractivity contribution in [1.29, 1.82) is 0 Å². The van der Waals surface area contributed by atoms with E-state index in [4.69, 9.17) is 9.47 Å². The predicted octanol–water partition coefficient (Wildman–Crippen LogP) is 3.23. The first kappa shape index (κ1) is 17.8. The number of hydrogen-bond acceptors (Lipinski definition) is 6. The van der Waals surface area contributed by atoms with Crippen molar-refractivity contribution in [2.75, 3.05) is 18.5 Å². The first-order valence-corrected chi connectivity index (χ1v) is 9.02. The Labute approximate surface area is 162 Å². The summed E-state index contributed by atoms with van der Waals surface area (Å²) in [5.74, 6) is 1.48. The predicted molar refractivity (Wildman–Crippen MR) is 105 cm³/mol. The van der Waals surface area contributed by atoms with Gasteiger partial charge in [0.05, 0.1) is 0 Å². The molecule has 7 nitrogen and oxygen atoms in total. The average molecular weight is 376 g/mol. The Morgan fingerprint density at radius 2 is 1.79 bits per heavy atom. The molecule has 0 radical (unpaired) electrons. The van der Waals surface area contributed by atoms with Gasteiger partial charge in [-0.2, -0.15) is 0 Å². The minimum Gasteiger partial charge on any atom is -0.486 e. The van der Waals surface area contributed by atoms with Crippen LogP contribution in [0.15, 0.2) is 54.6 Å². The standard InChI is InChI=1S/C21H20N4O3/c1-14-11-17(20(26)22-13-15-5-3-2-4-6-15)25-21(23-14)24-16-7-8-18-19(12-16)28-10-9-27-18/h2-8,11-12H,9-10,13H2,1H3,(H,22,26)(H,23,24,25). The van der Waals surface area contributed by atoms with Gasteiger partial charge < -0.3 is 20.1 Å². The van der Waals surface area contributed by atoms with Crippen molar-refractivity contribution in [1.82, 2.24) is 15.3 Å². The number of anilines is 2. The smallest absolute Gasteiger partial charge is 0.270 e. The van der Waals surface area contributed by atoms with Crippen molar-refractivity contribution in [2.24, 2.45) is 0 Å². The van der Waals surface area contributed by atoms with E-state index in [0.29, 0.717) is 48.6 Å². The van der Waals surface area contributed by atoms with E-state index in [2.05, 4.69) is 20.6 Å². The number of nitrogens with zero attached hydrogens (tertiary/aromatic N) is 2. The van der Waals surface area contributed by atoms with E-state index in [-0.39, 0.29) is 5.91 Å². The number of amides is 1. The summed E-state index contributed by atoms with van der Waals surface area (Å²) in [6.07, 6.45) is 0. The highest BCUT2D eigenvalue weighted by Gasteiger charge is 2.14. The number of fused-ring (bicyclic) bond motifs is 1. The molecule has 0 bridgehead atoms. The van der Waals surface area contributed by atoms with Crippen LogP contribution in [-0.4, -0.2) is 29.1 Å². The van der Waals surface area contributed by atoms with Crippen LogP contribution in [0, 0.1) is 6.92 Å². The second-order valence-corrected chi connectivity index (χ2v) is 6.37. The number of carbonyl (C=O) groups excluding carboxylic acids is 1. The maximum atomic E-state index is 12.5. The first-order valence-electron chi connectivity index (χ1n) is 9.02. The lowest BCUT2D eigenvalue weighted by Gasteiger charge is -2.19. The first-order chi connectivity index (χ1) is 13.7. The normalized spacial score (nSPS) is 12.3. The molecule has 0 fully saturated rings. The van der Waals surface area contributed by atoms with Gasteiger partial charge in [-0.05, 0) is 30.7 Å². The Bertz CT molecular complexity index is 992. The Balaban J connectivity index is 1.48. The molecule has 2 N–H and O–H groups in total. The van der Waals surface area contributed by atoms with Crippen LogP contribution < -0.4 is 20.1 Å². The molecule has 1 aliphatic rings. The molecule has 0 saturated heterocycles. The molecule has 7 heteroatoms. The Kier molecular flexibility index (Phi) is 5.05. The van der Waals surface area contributed by atoms with Crippen LogP contribution in [0.4, 0.5) is 11.6 Å². The fraction of sp³-hybridized carbons (Fsp3) is 0.190. The van der Waals surface area contributed by atoms with Crippen molar-refractivity contribution in [3.8, 4) is 11.5 Å². The molecule has 2 aromatic carbocycles. The number of nitrogens with one attached hydrogen (secondary N) is 2. The lowest BCUT2D eigenvalue weighted by Crippen LogP contribution is -2.24. The molecule has 0 spiro atoms. The van der Waals surface area contributed by atoms with Gasteiger partial charge in [0.25, 0.3) is 5.91 Å². The molecule has 2 heterocycles. The maximum absolute atomic E-state index is 12.5. The molecule has 4 rings (SSSR count). The van der Waals surface area contributed by atoms with Crippen molar-refractivity contribution >= 4 is 17.5 Å². The van der Waals surface area contributed by atoms with E-state index < -0.39 is 0 Å². The second kappa shape index (κ2) is 7.96. The molecule has 1 aromatic heterocycles. The Hall–Kier alpha value is -3.61. The number of rotatable bonds is 5. The van der Waals surface area contributed by atoms with Crippen LogP contribution in [0.25, 0.3) is 0 Å². The highest BCUT2D eigenvalue weighted by atomic mass is 16.6. The number of ether oxygens (including phenoxy) is 2. The zero-order valence-electron chi connectivity index (χ0n) is 15.4. The lowest BCUT2D eigenvalue weighted by atomic mass is 10.2. The van der Waals surface area contributed by atoms with Crippen molar-refractivity contribution < 1.29 is 14.3 Å². The van der Waals surface area contributed by atoms with Crippen LogP contribution in [0.3, 0.4) is 0 Å². The third-order valence-corrected chi connectivity index (χ3v) is 4.18. The van der Waals surface area contributed by atoms with Gasteiger partial charge in [0.2, 0.25) is 5.95 Å². The molecule has 1 aliphatic heterocycles. The molecule has 0 atom stereocenters. The highest BCUT2D eigenvalue weighted by Crippen LogP contribution is 2.33. The summed E-state index contributed by atoms with van der Waals surface area (Å²) in [4.78, 5) is 21.2. The van der Waals surface area contributed by atoms with Gasteiger partial charge in [0.1, 0.15) is 18.9 Å². The van der Waals surface area contributed by atoms with Gasteiger partial charge in [-0.1, -0.05) is 30.3 Å². The molecular weight excluding hydrogens is 356 g/mol. The second-order valence-electron chi connectivity index (χ2n) is 6.37. The fourth-order valence-electron chi connectivity index (χ4n) is 2.86. The van der Waals surface area contributed by atoms with E-state index in [1.807, 2.05) is 55.5 Å².